The summed E-state index contributed by atoms with van der Waals surface area (Å²) in [4.78, 5) is 17.2. The molecular formula is C43H42Cl2F2IN11. The van der Waals surface area contributed by atoms with Crippen molar-refractivity contribution in [2.75, 3.05) is 49.1 Å². The lowest BCUT2D eigenvalue weighted by Gasteiger charge is -2.40. The lowest BCUT2D eigenvalue weighted by atomic mass is 10.1. The van der Waals surface area contributed by atoms with Crippen LogP contribution in [0.1, 0.15) is 56.0 Å². The van der Waals surface area contributed by atoms with Crippen LogP contribution in [0.4, 0.5) is 20.4 Å². The van der Waals surface area contributed by atoms with Gasteiger partial charge in [0.15, 0.2) is 0 Å². The van der Waals surface area contributed by atoms with E-state index in [1.807, 2.05) is 60.8 Å². The molecule has 16 heteroatoms. The van der Waals surface area contributed by atoms with Crippen LogP contribution in [0.5, 0.6) is 0 Å². The second-order valence-electron chi connectivity index (χ2n) is 14.3. The van der Waals surface area contributed by atoms with Crippen LogP contribution >= 0.6 is 45.8 Å². The minimum absolute atomic E-state index is 0. The van der Waals surface area contributed by atoms with Gasteiger partial charge < -0.3 is 9.80 Å². The van der Waals surface area contributed by atoms with E-state index in [2.05, 4.69) is 74.5 Å². The summed E-state index contributed by atoms with van der Waals surface area (Å²) in [6.07, 6.45) is 14.0. The van der Waals surface area contributed by atoms with Gasteiger partial charge in [-0.2, -0.15) is 10.5 Å². The van der Waals surface area contributed by atoms with Crippen LogP contribution < -0.4 is 9.80 Å². The maximum Gasteiger partial charge on any atom is 0.146 e. The molecule has 3 aromatic heterocycles. The lowest BCUT2D eigenvalue weighted by molar-refractivity contribution is 0.173. The third-order valence-corrected chi connectivity index (χ3v) is 12.0. The Kier molecular flexibility index (Phi) is 14.7. The molecule has 2 aromatic carbocycles. The highest BCUT2D eigenvalue weighted by atomic mass is 127. The Labute approximate surface area is 367 Å². The molecule has 4 atom stereocenters. The molecule has 0 radical (unpaired) electrons. The van der Waals surface area contributed by atoms with E-state index >= 15 is 0 Å². The predicted octanol–water partition coefficient (Wildman–Crippen LogP) is 8.31. The highest BCUT2D eigenvalue weighted by Crippen LogP contribution is 2.38. The van der Waals surface area contributed by atoms with Crippen molar-refractivity contribution in [1.29, 1.82) is 10.5 Å². The number of aromatic nitrogens is 5. The van der Waals surface area contributed by atoms with Crippen molar-refractivity contribution in [2.45, 2.75) is 57.3 Å². The molecule has 4 saturated heterocycles. The zero-order valence-corrected chi connectivity index (χ0v) is 34.9. The molecule has 4 aliphatic heterocycles. The molecule has 0 spiro atoms. The van der Waals surface area contributed by atoms with E-state index in [1.54, 1.807) is 4.68 Å². The molecule has 0 aliphatic carbocycles. The molecule has 4 aliphatic rings. The van der Waals surface area contributed by atoms with Crippen molar-refractivity contribution in [3.05, 3.63) is 121 Å². The second kappa shape index (κ2) is 19.9. The summed E-state index contributed by atoms with van der Waals surface area (Å²) in [5.41, 5.74) is 2.41. The Balaban J connectivity index is 0.000000173. The van der Waals surface area contributed by atoms with E-state index < -0.39 is 11.6 Å². The first kappa shape index (κ1) is 43.7. The van der Waals surface area contributed by atoms with Crippen LogP contribution in [-0.4, -0.2) is 92.2 Å². The average molecular weight is 949 g/mol. The van der Waals surface area contributed by atoms with Crippen LogP contribution in [0.2, 0.25) is 10.0 Å². The van der Waals surface area contributed by atoms with Crippen LogP contribution in [0, 0.1) is 50.2 Å². The lowest BCUT2D eigenvalue weighted by Crippen LogP contribution is -2.52. The summed E-state index contributed by atoms with van der Waals surface area (Å²) >= 11 is 14.0. The van der Waals surface area contributed by atoms with Crippen LogP contribution in [-0.2, 0) is 0 Å². The molecule has 9 rings (SSSR count). The highest BCUT2D eigenvalue weighted by molar-refractivity contribution is 14.1. The Morgan fingerprint density at radius 3 is 1.88 bits per heavy atom. The molecule has 11 nitrogen and oxygen atoms in total. The number of terminal acetylenes is 1. The van der Waals surface area contributed by atoms with E-state index in [9.17, 15) is 14.0 Å². The number of hydrogen-bond donors (Lipinski definition) is 0. The van der Waals surface area contributed by atoms with E-state index in [4.69, 9.17) is 34.9 Å². The van der Waals surface area contributed by atoms with Crippen molar-refractivity contribution in [3.63, 3.8) is 0 Å². The maximum absolute atomic E-state index is 13.4. The van der Waals surface area contributed by atoms with Gasteiger partial charge in [0.1, 0.15) is 41.1 Å². The molecule has 0 amide bonds. The summed E-state index contributed by atoms with van der Waals surface area (Å²) in [5.74, 6) is 3.02. The Hall–Kier alpha value is -4.89. The molecule has 0 saturated carbocycles. The highest BCUT2D eigenvalue weighted by Gasteiger charge is 2.40. The Bertz CT molecular complexity index is 2360. The van der Waals surface area contributed by atoms with E-state index in [0.717, 1.165) is 81.4 Å². The Morgan fingerprint density at radius 2 is 1.32 bits per heavy atom. The van der Waals surface area contributed by atoms with Crippen molar-refractivity contribution in [3.8, 4) is 30.2 Å². The summed E-state index contributed by atoms with van der Waals surface area (Å²) in [6, 6.07) is 23.0. The van der Waals surface area contributed by atoms with Crippen LogP contribution in [0.15, 0.2) is 79.3 Å². The topological polar surface area (TPSA) is 117 Å². The van der Waals surface area contributed by atoms with Gasteiger partial charge in [-0.25, -0.2) is 23.4 Å². The van der Waals surface area contributed by atoms with Crippen molar-refractivity contribution in [1.82, 2.24) is 34.8 Å². The summed E-state index contributed by atoms with van der Waals surface area (Å²) in [5, 5.41) is 28.6. The normalized spacial score (nSPS) is 20.9. The first-order valence-corrected chi connectivity index (χ1v) is 20.7. The minimum Gasteiger partial charge on any atom is -0.353 e. The number of benzene rings is 2. The van der Waals surface area contributed by atoms with Gasteiger partial charge in [0, 0.05) is 65.0 Å². The van der Waals surface area contributed by atoms with Crippen molar-refractivity contribution < 1.29 is 8.78 Å². The minimum atomic E-state index is -0.488. The quantitative estimate of drug-likeness (QED) is 0.129. The zero-order chi connectivity index (χ0) is 40.8. The molecule has 0 N–H and O–H groups in total. The number of fused-ring (bicyclic) bond motifs is 2. The van der Waals surface area contributed by atoms with Crippen molar-refractivity contribution >= 4 is 57.4 Å². The fraction of sp³-hybridized carbons (Fsp3) is 0.349. The summed E-state index contributed by atoms with van der Waals surface area (Å²) in [6.45, 7) is 4.73. The first-order chi connectivity index (χ1) is 28.1. The van der Waals surface area contributed by atoms with Gasteiger partial charge in [0.2, 0.25) is 0 Å². The van der Waals surface area contributed by atoms with Gasteiger partial charge in [-0.1, -0.05) is 53.9 Å². The number of rotatable bonds is 4. The molecule has 304 valence electrons. The second-order valence-corrected chi connectivity index (χ2v) is 16.4. The average Bonchev–Trinajstić information content (AvgIpc) is 3.99. The predicted molar refractivity (Wildman–Crippen MR) is 234 cm³/mol. The van der Waals surface area contributed by atoms with Gasteiger partial charge in [-0.05, 0) is 96.8 Å². The molecule has 59 heavy (non-hydrogen) atoms. The number of hydrogen-bond acceptors (Lipinski definition) is 10. The number of pyridine rings is 2. The van der Waals surface area contributed by atoms with Gasteiger partial charge in [-0.3, -0.25) is 9.80 Å². The number of halogens is 5. The molecule has 0 unspecified atom stereocenters. The largest absolute Gasteiger partial charge is 0.353 e. The molecule has 0 bridgehead atoms. The summed E-state index contributed by atoms with van der Waals surface area (Å²) in [7, 11) is 0. The number of anilines is 2. The summed E-state index contributed by atoms with van der Waals surface area (Å²) < 4.78 is 29.5. The maximum atomic E-state index is 13.4. The molecular weight excluding hydrogens is 906 g/mol. The Morgan fingerprint density at radius 1 is 0.746 bits per heavy atom. The van der Waals surface area contributed by atoms with Gasteiger partial charge in [-0.15, -0.1) is 11.5 Å². The standard InChI is InChI=1S/C21H19ClFN7.C15H15FN4.C6H4ClI.CH4/c22-15-2-1-3-17(9-15)30-13-19(26-27-30)20-5-4-18-12-28(6-7-29(18)20)21-14(10-24)8-16(23)11-25-21;1-2-13-3-4-14-10-19(5-6-20(13)14)15-11(8-17)7-12(16)9-18-15;7-5-2-1-3-6(8)4-5;/h1-3,8-9,11,13,18,20H,4-7,12H2;1,7,9,13-14H,3-6,10H2;1-4H;1H4/t18-,20+;13-,14-;;/m00../s1. The van der Waals surface area contributed by atoms with Crippen LogP contribution in [0.3, 0.4) is 0 Å². The molecule has 5 aromatic rings. The fourth-order valence-corrected chi connectivity index (χ4v) is 9.26. The smallest absolute Gasteiger partial charge is 0.146 e. The SMILES string of the molecule is C.C#C[C@H]1CC[C@H]2CN(c3ncc(F)cc3C#N)CCN21.Clc1cccc(I)c1.N#Cc1cc(F)cnc1N1CCN2[C@@H](CC[C@@H]2c2cn(-c3cccc(Cl)c3)nn2)C1. The van der Waals surface area contributed by atoms with Crippen molar-refractivity contribution in [2.24, 2.45) is 0 Å². The number of piperazine rings is 2. The van der Waals surface area contributed by atoms with Gasteiger partial charge in [0.05, 0.1) is 47.5 Å². The third-order valence-electron chi connectivity index (χ3n) is 10.8. The zero-order valence-electron chi connectivity index (χ0n) is 31.3. The molecule has 4 fully saturated rings. The third kappa shape index (κ3) is 10.3. The fourth-order valence-electron chi connectivity index (χ4n) is 8.15. The monoisotopic (exact) mass is 947 g/mol. The van der Waals surface area contributed by atoms with Crippen LogP contribution in [0.25, 0.3) is 5.69 Å². The van der Waals surface area contributed by atoms with Gasteiger partial charge in [0.25, 0.3) is 0 Å². The number of nitriles is 2. The molecule has 7 heterocycles. The number of nitrogens with zero attached hydrogens (tertiary/aromatic N) is 11. The van der Waals surface area contributed by atoms with E-state index in [0.29, 0.717) is 34.3 Å². The van der Waals surface area contributed by atoms with E-state index in [1.165, 1.54) is 28.1 Å². The van der Waals surface area contributed by atoms with Gasteiger partial charge >= 0.3 is 0 Å². The van der Waals surface area contributed by atoms with E-state index in [-0.39, 0.29) is 25.1 Å². The first-order valence-electron chi connectivity index (χ1n) is 18.8.